The number of nitriles is 1. The summed E-state index contributed by atoms with van der Waals surface area (Å²) in [5.41, 5.74) is 7.78. The lowest BCUT2D eigenvalue weighted by atomic mass is 9.78. The van der Waals surface area contributed by atoms with Crippen LogP contribution in [0.25, 0.3) is 38.0 Å². The molecule has 4 heteroatoms. The van der Waals surface area contributed by atoms with Gasteiger partial charge in [-0.2, -0.15) is 5.26 Å². The molecule has 4 nitrogen and oxygen atoms in total. The average Bonchev–Trinajstić information content (AvgIpc) is 3.54. The Hall–Kier alpha value is -5.06. The van der Waals surface area contributed by atoms with Gasteiger partial charge in [0.1, 0.15) is 0 Å². The monoisotopic (exact) mass is 476 g/mol. The third-order valence-electron chi connectivity index (χ3n) is 7.30. The van der Waals surface area contributed by atoms with Gasteiger partial charge in [0.25, 0.3) is 0 Å². The predicted octanol–water partition coefficient (Wildman–Crippen LogP) is 8.32. The van der Waals surface area contributed by atoms with Gasteiger partial charge < -0.3 is 9.13 Å². The Bertz CT molecular complexity index is 1710. The van der Waals surface area contributed by atoms with E-state index >= 15 is 0 Å². The lowest BCUT2D eigenvalue weighted by Crippen LogP contribution is -2.18. The minimum atomic E-state index is -0.307. The third-order valence-corrected chi connectivity index (χ3v) is 7.30. The highest BCUT2D eigenvalue weighted by Gasteiger charge is 2.31. The van der Waals surface area contributed by atoms with Gasteiger partial charge in [-0.05, 0) is 59.7 Å². The largest absolute Gasteiger partial charge is 0.316 e. The molecule has 4 aromatic carbocycles. The van der Waals surface area contributed by atoms with Crippen molar-refractivity contribution in [2.75, 3.05) is 0 Å². The van der Waals surface area contributed by atoms with E-state index in [1.807, 2.05) is 48.5 Å². The number of benzene rings is 4. The Kier molecular flexibility index (Phi) is 5.18. The number of fused-ring (bicyclic) bond motifs is 2. The van der Waals surface area contributed by atoms with E-state index < -0.39 is 0 Å². The van der Waals surface area contributed by atoms with Gasteiger partial charge in [-0.1, -0.05) is 62.4 Å². The number of hydrogen-bond donors (Lipinski definition) is 0. The number of aromatic nitrogens is 2. The van der Waals surface area contributed by atoms with Crippen LogP contribution < -0.4 is 0 Å². The summed E-state index contributed by atoms with van der Waals surface area (Å²) in [6, 6.07) is 34.7. The predicted molar refractivity (Wildman–Crippen MR) is 150 cm³/mol. The molecule has 2 heterocycles. The second kappa shape index (κ2) is 8.55. The van der Waals surface area contributed by atoms with Crippen LogP contribution in [0.15, 0.2) is 109 Å². The van der Waals surface area contributed by atoms with Gasteiger partial charge in [-0.25, -0.2) is 4.85 Å². The van der Waals surface area contributed by atoms with Gasteiger partial charge >= 0.3 is 0 Å². The van der Waals surface area contributed by atoms with Crippen LogP contribution in [-0.2, 0) is 5.41 Å². The van der Waals surface area contributed by atoms with Gasteiger partial charge in [0, 0.05) is 40.0 Å². The summed E-state index contributed by atoms with van der Waals surface area (Å²) >= 11 is 0. The first-order chi connectivity index (χ1) is 18.0. The molecule has 176 valence electrons. The third kappa shape index (κ3) is 3.59. The Morgan fingerprint density at radius 1 is 0.676 bits per heavy atom. The lowest BCUT2D eigenvalue weighted by molar-refractivity contribution is 0.650. The SMILES string of the molecule is [C-]#[N+]c1ccc(-n2cc(C(C)(C)c3cn(-c4ccc(C#N)cc4)c4ccccc34)c3ccccc32)cc1. The van der Waals surface area contributed by atoms with Gasteiger partial charge in [-0.3, -0.25) is 0 Å². The number of rotatable bonds is 4. The minimum absolute atomic E-state index is 0.307. The van der Waals surface area contributed by atoms with E-state index in [-0.39, 0.29) is 5.41 Å². The van der Waals surface area contributed by atoms with Crippen LogP contribution in [0, 0.1) is 17.9 Å². The van der Waals surface area contributed by atoms with Crippen LogP contribution in [0.1, 0.15) is 30.5 Å². The zero-order valence-corrected chi connectivity index (χ0v) is 20.7. The van der Waals surface area contributed by atoms with Gasteiger partial charge in [-0.15, -0.1) is 0 Å². The Morgan fingerprint density at radius 2 is 1.14 bits per heavy atom. The quantitative estimate of drug-likeness (QED) is 0.236. The van der Waals surface area contributed by atoms with E-state index in [0.717, 1.165) is 22.4 Å². The average molecular weight is 477 g/mol. The molecule has 0 aliphatic rings. The van der Waals surface area contributed by atoms with Crippen LogP contribution in [0.5, 0.6) is 0 Å². The first-order valence-electron chi connectivity index (χ1n) is 12.2. The van der Waals surface area contributed by atoms with Crippen LogP contribution in [0.2, 0.25) is 0 Å². The molecule has 0 radical (unpaired) electrons. The summed E-state index contributed by atoms with van der Waals surface area (Å²) in [6.45, 7) is 11.9. The molecule has 6 aromatic rings. The zero-order chi connectivity index (χ0) is 25.6. The van der Waals surface area contributed by atoms with E-state index in [1.54, 1.807) is 0 Å². The van der Waals surface area contributed by atoms with Crippen LogP contribution in [-0.4, -0.2) is 9.13 Å². The topological polar surface area (TPSA) is 38.0 Å². The van der Waals surface area contributed by atoms with Gasteiger partial charge in [0.15, 0.2) is 5.69 Å². The van der Waals surface area contributed by atoms with Crippen LogP contribution >= 0.6 is 0 Å². The molecule has 37 heavy (non-hydrogen) atoms. The molecule has 0 fully saturated rings. The van der Waals surface area contributed by atoms with E-state index in [4.69, 9.17) is 6.57 Å². The van der Waals surface area contributed by atoms with E-state index in [9.17, 15) is 5.26 Å². The Balaban J connectivity index is 1.56. The maximum atomic E-state index is 9.23. The van der Waals surface area contributed by atoms with Gasteiger partial charge in [0.2, 0.25) is 0 Å². The first kappa shape index (κ1) is 22.4. The number of para-hydroxylation sites is 2. The minimum Gasteiger partial charge on any atom is -0.316 e. The molecule has 0 saturated heterocycles. The summed E-state index contributed by atoms with van der Waals surface area (Å²) in [6.07, 6.45) is 4.48. The van der Waals surface area contributed by atoms with Gasteiger partial charge in [0.05, 0.1) is 29.2 Å². The molecule has 0 N–H and O–H groups in total. The molecule has 0 saturated carbocycles. The number of hydrogen-bond acceptors (Lipinski definition) is 1. The van der Waals surface area contributed by atoms with Crippen molar-refractivity contribution < 1.29 is 0 Å². The van der Waals surface area contributed by atoms with Crippen molar-refractivity contribution in [2.24, 2.45) is 0 Å². The molecule has 0 aliphatic carbocycles. The Labute approximate surface area is 216 Å². The van der Waals surface area contributed by atoms with E-state index in [2.05, 4.69) is 94.8 Å². The molecule has 0 unspecified atom stereocenters. The summed E-state index contributed by atoms with van der Waals surface area (Å²) in [7, 11) is 0. The summed E-state index contributed by atoms with van der Waals surface area (Å²) in [4.78, 5) is 3.54. The summed E-state index contributed by atoms with van der Waals surface area (Å²) < 4.78 is 4.44. The second-order valence-corrected chi connectivity index (χ2v) is 9.77. The normalized spacial score (nSPS) is 11.5. The molecule has 2 aromatic heterocycles. The van der Waals surface area contributed by atoms with E-state index in [1.165, 1.54) is 21.9 Å². The zero-order valence-electron chi connectivity index (χ0n) is 20.7. The molecule has 6 rings (SSSR count). The maximum Gasteiger partial charge on any atom is 0.187 e. The van der Waals surface area contributed by atoms with Crippen LogP contribution in [0.4, 0.5) is 5.69 Å². The second-order valence-electron chi connectivity index (χ2n) is 9.77. The molecular formula is C33H24N4. The van der Waals surface area contributed by atoms with Crippen molar-refractivity contribution in [3.8, 4) is 17.4 Å². The molecule has 0 atom stereocenters. The van der Waals surface area contributed by atoms with Crippen molar-refractivity contribution in [3.05, 3.63) is 138 Å². The maximum absolute atomic E-state index is 9.23. The molecule has 0 aliphatic heterocycles. The fourth-order valence-corrected chi connectivity index (χ4v) is 5.31. The highest BCUT2D eigenvalue weighted by Crippen LogP contribution is 2.42. The van der Waals surface area contributed by atoms with E-state index in [0.29, 0.717) is 11.3 Å². The lowest BCUT2D eigenvalue weighted by Gasteiger charge is -2.24. The number of nitrogens with zero attached hydrogens (tertiary/aromatic N) is 4. The molecule has 0 amide bonds. The summed E-state index contributed by atoms with van der Waals surface area (Å²) in [5, 5.41) is 11.6. The van der Waals surface area contributed by atoms with Crippen molar-refractivity contribution in [1.29, 1.82) is 5.26 Å². The fraction of sp³-hybridized carbons (Fsp3) is 0.0909. The Morgan fingerprint density at radius 3 is 1.59 bits per heavy atom. The molecular weight excluding hydrogens is 452 g/mol. The molecule has 0 bridgehead atoms. The first-order valence-corrected chi connectivity index (χ1v) is 12.2. The van der Waals surface area contributed by atoms with Crippen molar-refractivity contribution >= 4 is 27.5 Å². The highest BCUT2D eigenvalue weighted by molar-refractivity contribution is 5.91. The van der Waals surface area contributed by atoms with Crippen molar-refractivity contribution in [2.45, 2.75) is 19.3 Å². The van der Waals surface area contributed by atoms with Crippen molar-refractivity contribution in [1.82, 2.24) is 9.13 Å². The van der Waals surface area contributed by atoms with Crippen molar-refractivity contribution in [3.63, 3.8) is 0 Å². The summed E-state index contributed by atoms with van der Waals surface area (Å²) in [5.74, 6) is 0. The standard InChI is InChI=1S/C33H24N4/c1-33(2,29-21-36(31-10-6-4-8-27(29)31)25-16-12-23(20-34)13-17-25)30-22-37(32-11-7-5-9-28(30)32)26-18-14-24(35-3)15-19-26/h4-19,21-22H,1-2H3. The molecule has 0 spiro atoms. The smallest absolute Gasteiger partial charge is 0.187 e. The highest BCUT2D eigenvalue weighted by atomic mass is 15.0. The van der Waals surface area contributed by atoms with Crippen LogP contribution in [0.3, 0.4) is 0 Å². The fourth-order valence-electron chi connectivity index (χ4n) is 5.31.